The molecule has 0 spiro atoms. The third kappa shape index (κ3) is 5.25. The van der Waals surface area contributed by atoms with Crippen molar-refractivity contribution in [3.63, 3.8) is 0 Å². The van der Waals surface area contributed by atoms with Crippen molar-refractivity contribution in [3.8, 4) is 5.75 Å². The normalized spacial score (nSPS) is 19.6. The molecule has 0 saturated carbocycles. The standard InChI is InChI=1S/C25H31N3O3/c1-18-7-9-21(10-8-18)16-27-13-11-20(12-14-27)15-26-24(29)17-28-22-5-3-4-6-23(22)31-19(2)25(28)30/h3-10,19-20H,11-17H2,1-2H3,(H,26,29). The molecule has 0 radical (unpaired) electrons. The van der Waals surface area contributed by atoms with Crippen molar-refractivity contribution in [3.05, 3.63) is 59.7 Å². The molecule has 6 heteroatoms. The van der Waals surface area contributed by atoms with Gasteiger partial charge in [-0.2, -0.15) is 0 Å². The van der Waals surface area contributed by atoms with E-state index >= 15 is 0 Å². The Hall–Kier alpha value is -2.86. The Morgan fingerprint density at radius 1 is 1.10 bits per heavy atom. The number of nitrogens with zero attached hydrogens (tertiary/aromatic N) is 2. The van der Waals surface area contributed by atoms with Crippen LogP contribution < -0.4 is 15.0 Å². The maximum Gasteiger partial charge on any atom is 0.268 e. The number of fused-ring (bicyclic) bond motifs is 1. The Balaban J connectivity index is 1.24. The third-order valence-electron chi connectivity index (χ3n) is 6.20. The molecule has 6 nitrogen and oxygen atoms in total. The molecule has 0 aromatic heterocycles. The second-order valence-electron chi connectivity index (χ2n) is 8.66. The second kappa shape index (κ2) is 9.52. The van der Waals surface area contributed by atoms with Crippen LogP contribution in [0.3, 0.4) is 0 Å². The molecular weight excluding hydrogens is 390 g/mol. The molecule has 1 fully saturated rings. The number of rotatable bonds is 6. The summed E-state index contributed by atoms with van der Waals surface area (Å²) in [6.45, 7) is 7.58. The third-order valence-corrected chi connectivity index (χ3v) is 6.20. The molecule has 2 aliphatic heterocycles. The smallest absolute Gasteiger partial charge is 0.268 e. The van der Waals surface area contributed by atoms with Gasteiger partial charge in [0.25, 0.3) is 5.91 Å². The van der Waals surface area contributed by atoms with Gasteiger partial charge in [-0.3, -0.25) is 19.4 Å². The van der Waals surface area contributed by atoms with Gasteiger partial charge >= 0.3 is 0 Å². The lowest BCUT2D eigenvalue weighted by Crippen LogP contribution is -2.49. The van der Waals surface area contributed by atoms with E-state index in [0.717, 1.165) is 32.5 Å². The summed E-state index contributed by atoms with van der Waals surface area (Å²) in [5.41, 5.74) is 3.29. The SMILES string of the molecule is Cc1ccc(CN2CCC(CNC(=O)CN3C(=O)C(C)Oc4ccccc43)CC2)cc1. The molecule has 2 heterocycles. The zero-order valence-corrected chi connectivity index (χ0v) is 18.3. The second-order valence-corrected chi connectivity index (χ2v) is 8.66. The van der Waals surface area contributed by atoms with Crippen molar-refractivity contribution in [2.24, 2.45) is 5.92 Å². The van der Waals surface area contributed by atoms with E-state index in [-0.39, 0.29) is 18.4 Å². The molecule has 1 unspecified atom stereocenters. The zero-order valence-electron chi connectivity index (χ0n) is 18.3. The summed E-state index contributed by atoms with van der Waals surface area (Å²) in [7, 11) is 0. The molecule has 2 aromatic rings. The Morgan fingerprint density at radius 2 is 1.81 bits per heavy atom. The Labute approximate surface area is 184 Å². The molecule has 1 atom stereocenters. The summed E-state index contributed by atoms with van der Waals surface area (Å²) in [6, 6.07) is 16.1. The maximum absolute atomic E-state index is 12.6. The highest BCUT2D eigenvalue weighted by molar-refractivity contribution is 6.03. The van der Waals surface area contributed by atoms with Gasteiger partial charge in [0.15, 0.2) is 6.10 Å². The summed E-state index contributed by atoms with van der Waals surface area (Å²) < 4.78 is 5.64. The number of benzene rings is 2. The number of anilines is 1. The van der Waals surface area contributed by atoms with Crippen LogP contribution in [0.5, 0.6) is 5.75 Å². The van der Waals surface area contributed by atoms with Gasteiger partial charge in [0, 0.05) is 13.1 Å². The first-order valence-electron chi connectivity index (χ1n) is 11.1. The van der Waals surface area contributed by atoms with Crippen molar-refractivity contribution in [2.75, 3.05) is 31.1 Å². The highest BCUT2D eigenvalue weighted by Crippen LogP contribution is 2.33. The van der Waals surface area contributed by atoms with Crippen molar-refractivity contribution >= 4 is 17.5 Å². The number of ether oxygens (including phenoxy) is 1. The van der Waals surface area contributed by atoms with Crippen LogP contribution in [0, 0.1) is 12.8 Å². The number of amides is 2. The first-order chi connectivity index (χ1) is 15.0. The highest BCUT2D eigenvalue weighted by Gasteiger charge is 2.32. The molecule has 0 aliphatic carbocycles. The summed E-state index contributed by atoms with van der Waals surface area (Å²) in [5.74, 6) is 0.811. The number of carbonyl (C=O) groups is 2. The Morgan fingerprint density at radius 3 is 2.55 bits per heavy atom. The number of nitrogens with one attached hydrogen (secondary N) is 1. The van der Waals surface area contributed by atoms with Gasteiger partial charge in [-0.05, 0) is 63.4 Å². The number of likely N-dealkylation sites (tertiary alicyclic amines) is 1. The fourth-order valence-corrected chi connectivity index (χ4v) is 4.28. The van der Waals surface area contributed by atoms with Gasteiger partial charge in [-0.25, -0.2) is 0 Å². The molecule has 2 aromatic carbocycles. The molecule has 1 saturated heterocycles. The average molecular weight is 422 g/mol. The first kappa shape index (κ1) is 21.4. The van der Waals surface area contributed by atoms with E-state index in [1.54, 1.807) is 6.92 Å². The predicted octanol–water partition coefficient (Wildman–Crippen LogP) is 3.14. The number of aryl methyl sites for hydroxylation is 1. The van der Waals surface area contributed by atoms with Gasteiger partial charge in [0.1, 0.15) is 12.3 Å². The van der Waals surface area contributed by atoms with Crippen LogP contribution in [0.1, 0.15) is 30.9 Å². The lowest BCUT2D eigenvalue weighted by atomic mass is 9.96. The molecule has 0 bridgehead atoms. The van der Waals surface area contributed by atoms with E-state index in [1.807, 2.05) is 24.3 Å². The van der Waals surface area contributed by atoms with Gasteiger partial charge < -0.3 is 10.1 Å². The molecule has 2 amide bonds. The van der Waals surface area contributed by atoms with Crippen molar-refractivity contribution in [1.29, 1.82) is 0 Å². The fraction of sp³-hybridized carbons (Fsp3) is 0.440. The van der Waals surface area contributed by atoms with Gasteiger partial charge in [-0.15, -0.1) is 0 Å². The molecule has 164 valence electrons. The molecular formula is C25H31N3O3. The molecule has 4 rings (SSSR count). The van der Waals surface area contributed by atoms with E-state index in [0.29, 0.717) is 23.9 Å². The summed E-state index contributed by atoms with van der Waals surface area (Å²) in [6.07, 6.45) is 1.56. The monoisotopic (exact) mass is 421 g/mol. The largest absolute Gasteiger partial charge is 0.479 e. The average Bonchev–Trinajstić information content (AvgIpc) is 2.78. The lowest BCUT2D eigenvalue weighted by Gasteiger charge is -2.33. The van der Waals surface area contributed by atoms with E-state index < -0.39 is 6.10 Å². The maximum atomic E-state index is 12.6. The van der Waals surface area contributed by atoms with Crippen molar-refractivity contribution in [2.45, 2.75) is 39.3 Å². The fourth-order valence-electron chi connectivity index (χ4n) is 4.28. The van der Waals surface area contributed by atoms with E-state index in [2.05, 4.69) is 41.4 Å². The predicted molar refractivity (Wildman–Crippen MR) is 121 cm³/mol. The van der Waals surface area contributed by atoms with Crippen LogP contribution in [0.25, 0.3) is 0 Å². The van der Waals surface area contributed by atoms with E-state index in [1.165, 1.54) is 16.0 Å². The minimum absolute atomic E-state index is 0.0236. The molecule has 31 heavy (non-hydrogen) atoms. The van der Waals surface area contributed by atoms with E-state index in [4.69, 9.17) is 4.74 Å². The number of hydrogen-bond donors (Lipinski definition) is 1. The quantitative estimate of drug-likeness (QED) is 0.779. The number of carbonyl (C=O) groups excluding carboxylic acids is 2. The van der Waals surface area contributed by atoms with Gasteiger partial charge in [0.05, 0.1) is 5.69 Å². The van der Waals surface area contributed by atoms with Crippen molar-refractivity contribution in [1.82, 2.24) is 10.2 Å². The summed E-state index contributed by atoms with van der Waals surface area (Å²) in [5, 5.41) is 3.04. The minimum Gasteiger partial charge on any atom is -0.479 e. The van der Waals surface area contributed by atoms with Crippen LogP contribution in [-0.4, -0.2) is 49.0 Å². The lowest BCUT2D eigenvalue weighted by molar-refractivity contribution is -0.128. The van der Waals surface area contributed by atoms with Crippen LogP contribution >= 0.6 is 0 Å². The van der Waals surface area contributed by atoms with Gasteiger partial charge in [0.2, 0.25) is 5.91 Å². The van der Waals surface area contributed by atoms with Crippen molar-refractivity contribution < 1.29 is 14.3 Å². The zero-order chi connectivity index (χ0) is 21.8. The number of para-hydroxylation sites is 2. The van der Waals surface area contributed by atoms with Gasteiger partial charge in [-0.1, -0.05) is 42.0 Å². The van der Waals surface area contributed by atoms with Crippen LogP contribution in [0.2, 0.25) is 0 Å². The summed E-state index contributed by atoms with van der Waals surface area (Å²) in [4.78, 5) is 29.2. The number of piperidine rings is 1. The van der Waals surface area contributed by atoms with Crippen LogP contribution in [0.4, 0.5) is 5.69 Å². The Kier molecular flexibility index (Phi) is 6.56. The molecule has 2 aliphatic rings. The number of hydrogen-bond acceptors (Lipinski definition) is 4. The highest BCUT2D eigenvalue weighted by atomic mass is 16.5. The van der Waals surface area contributed by atoms with Crippen LogP contribution in [-0.2, 0) is 16.1 Å². The topological polar surface area (TPSA) is 61.9 Å². The van der Waals surface area contributed by atoms with Crippen LogP contribution in [0.15, 0.2) is 48.5 Å². The van der Waals surface area contributed by atoms with E-state index in [9.17, 15) is 9.59 Å². The first-order valence-corrected chi connectivity index (χ1v) is 11.1. The minimum atomic E-state index is -0.583. The Bertz CT molecular complexity index is 920. The molecule has 1 N–H and O–H groups in total. The summed E-state index contributed by atoms with van der Waals surface area (Å²) >= 11 is 0.